The summed E-state index contributed by atoms with van der Waals surface area (Å²) in [6.45, 7) is 6.76. The molecule has 0 aliphatic carbocycles. The summed E-state index contributed by atoms with van der Waals surface area (Å²) in [5, 5.41) is 0. The van der Waals surface area contributed by atoms with Crippen molar-refractivity contribution >= 4 is 22.6 Å². The number of aromatic nitrogens is 2. The van der Waals surface area contributed by atoms with E-state index in [2.05, 4.69) is 31.4 Å². The highest BCUT2D eigenvalue weighted by molar-refractivity contribution is 6.17. The van der Waals surface area contributed by atoms with Crippen LogP contribution in [-0.2, 0) is 6.42 Å². The molecule has 20 heavy (non-hydrogen) atoms. The summed E-state index contributed by atoms with van der Waals surface area (Å²) in [4.78, 5) is 4.74. The van der Waals surface area contributed by atoms with Crippen LogP contribution in [0.2, 0.25) is 0 Å². The molecule has 0 aliphatic heterocycles. The van der Waals surface area contributed by atoms with Gasteiger partial charge in [0.25, 0.3) is 0 Å². The van der Waals surface area contributed by atoms with Crippen LogP contribution in [0.4, 0.5) is 0 Å². The minimum Gasteiger partial charge on any atom is -0.497 e. The van der Waals surface area contributed by atoms with Gasteiger partial charge in [-0.2, -0.15) is 0 Å². The third kappa shape index (κ3) is 2.78. The molecular weight excluding hydrogens is 272 g/mol. The molecule has 0 N–H and O–H groups in total. The lowest BCUT2D eigenvalue weighted by atomic mass is 10.0. The fourth-order valence-corrected chi connectivity index (χ4v) is 2.73. The molecule has 110 valence electrons. The van der Waals surface area contributed by atoms with Crippen LogP contribution in [-0.4, -0.2) is 22.5 Å². The van der Waals surface area contributed by atoms with Crippen molar-refractivity contribution in [3.63, 3.8) is 0 Å². The van der Waals surface area contributed by atoms with Gasteiger partial charge >= 0.3 is 0 Å². The Morgan fingerprint density at radius 2 is 2.10 bits per heavy atom. The molecule has 0 saturated heterocycles. The molecule has 0 saturated carbocycles. The maximum absolute atomic E-state index is 5.93. The fraction of sp³-hybridized carbons (Fsp3) is 0.562. The number of rotatable bonds is 6. The highest BCUT2D eigenvalue weighted by Gasteiger charge is 2.19. The molecule has 4 heteroatoms. The van der Waals surface area contributed by atoms with Crippen molar-refractivity contribution in [2.75, 3.05) is 13.0 Å². The van der Waals surface area contributed by atoms with E-state index >= 15 is 0 Å². The SMILES string of the molecule is CCC(C)C(C)n1c(CCCl)nc2ccc(OC)cc21. The van der Waals surface area contributed by atoms with Gasteiger partial charge in [-0.05, 0) is 25.0 Å². The van der Waals surface area contributed by atoms with Gasteiger partial charge in [0.2, 0.25) is 0 Å². The van der Waals surface area contributed by atoms with Gasteiger partial charge in [0.15, 0.2) is 0 Å². The predicted molar refractivity (Wildman–Crippen MR) is 84.9 cm³/mol. The summed E-state index contributed by atoms with van der Waals surface area (Å²) in [6, 6.07) is 6.44. The lowest BCUT2D eigenvalue weighted by molar-refractivity contribution is 0.369. The van der Waals surface area contributed by atoms with Crippen LogP contribution in [0.15, 0.2) is 18.2 Å². The van der Waals surface area contributed by atoms with E-state index in [1.165, 1.54) is 0 Å². The van der Waals surface area contributed by atoms with Crippen LogP contribution in [0.3, 0.4) is 0 Å². The van der Waals surface area contributed by atoms with E-state index in [0.717, 1.165) is 35.4 Å². The molecular formula is C16H23ClN2O. The van der Waals surface area contributed by atoms with Crippen LogP contribution in [0.5, 0.6) is 5.75 Å². The molecule has 2 unspecified atom stereocenters. The first-order chi connectivity index (χ1) is 9.62. The van der Waals surface area contributed by atoms with Crippen LogP contribution < -0.4 is 4.74 Å². The number of nitrogens with zero attached hydrogens (tertiary/aromatic N) is 2. The minimum atomic E-state index is 0.398. The van der Waals surface area contributed by atoms with E-state index < -0.39 is 0 Å². The first-order valence-corrected chi connectivity index (χ1v) is 7.76. The standard InChI is InChI=1S/C16H23ClN2O/c1-5-11(2)12(3)19-15-10-13(20-4)6-7-14(15)18-16(19)8-9-17/h6-7,10-12H,5,8-9H2,1-4H3. The van der Waals surface area contributed by atoms with Crippen LogP contribution in [0.25, 0.3) is 11.0 Å². The third-order valence-corrected chi connectivity index (χ3v) is 4.35. The van der Waals surface area contributed by atoms with Crippen molar-refractivity contribution in [1.29, 1.82) is 0 Å². The number of ether oxygens (including phenoxy) is 1. The molecule has 0 radical (unpaired) electrons. The molecule has 2 aromatic rings. The zero-order valence-electron chi connectivity index (χ0n) is 12.7. The highest BCUT2D eigenvalue weighted by atomic mass is 35.5. The van der Waals surface area contributed by atoms with Gasteiger partial charge in [-0.3, -0.25) is 0 Å². The molecule has 0 fully saturated rings. The Morgan fingerprint density at radius 1 is 1.35 bits per heavy atom. The molecule has 2 rings (SSSR count). The Bertz CT molecular complexity index is 579. The maximum atomic E-state index is 5.93. The van der Waals surface area contributed by atoms with Crippen molar-refractivity contribution in [1.82, 2.24) is 9.55 Å². The third-order valence-electron chi connectivity index (χ3n) is 4.16. The Labute approximate surface area is 125 Å². The number of imidazole rings is 1. The topological polar surface area (TPSA) is 27.1 Å². The Kier molecular flexibility index (Phi) is 4.92. The zero-order valence-corrected chi connectivity index (χ0v) is 13.4. The molecule has 2 atom stereocenters. The molecule has 1 heterocycles. The summed E-state index contributed by atoms with van der Waals surface area (Å²) in [5.74, 6) is 3.12. The molecule has 0 spiro atoms. The van der Waals surface area contributed by atoms with Crippen molar-refractivity contribution in [3.8, 4) is 5.75 Å². The highest BCUT2D eigenvalue weighted by Crippen LogP contribution is 2.30. The number of alkyl halides is 1. The number of benzene rings is 1. The molecule has 1 aromatic heterocycles. The van der Waals surface area contributed by atoms with Gasteiger partial charge in [-0.15, -0.1) is 11.6 Å². The zero-order chi connectivity index (χ0) is 14.7. The summed E-state index contributed by atoms with van der Waals surface area (Å²) in [7, 11) is 1.69. The lowest BCUT2D eigenvalue weighted by Gasteiger charge is -2.23. The minimum absolute atomic E-state index is 0.398. The normalized spacial score (nSPS) is 14.4. The number of aryl methyl sites for hydroxylation is 1. The van der Waals surface area contributed by atoms with Gasteiger partial charge in [0.05, 0.1) is 18.1 Å². The van der Waals surface area contributed by atoms with Crippen molar-refractivity contribution in [2.24, 2.45) is 5.92 Å². The Hall–Kier alpha value is -1.22. The summed E-state index contributed by atoms with van der Waals surface area (Å²) in [6.07, 6.45) is 1.93. The first kappa shape index (κ1) is 15.2. The molecule has 3 nitrogen and oxygen atoms in total. The van der Waals surface area contributed by atoms with E-state index in [0.29, 0.717) is 17.8 Å². The van der Waals surface area contributed by atoms with E-state index in [-0.39, 0.29) is 0 Å². The van der Waals surface area contributed by atoms with Crippen molar-refractivity contribution in [3.05, 3.63) is 24.0 Å². The summed E-state index contributed by atoms with van der Waals surface area (Å²) >= 11 is 5.93. The second kappa shape index (κ2) is 6.49. The smallest absolute Gasteiger partial charge is 0.121 e. The number of methoxy groups -OCH3 is 1. The average molecular weight is 295 g/mol. The molecule has 0 amide bonds. The van der Waals surface area contributed by atoms with Crippen molar-refractivity contribution in [2.45, 2.75) is 39.7 Å². The molecule has 0 aliphatic rings. The van der Waals surface area contributed by atoms with Gasteiger partial charge in [0, 0.05) is 24.4 Å². The van der Waals surface area contributed by atoms with Gasteiger partial charge in [0.1, 0.15) is 11.6 Å². The van der Waals surface area contributed by atoms with E-state index in [9.17, 15) is 0 Å². The number of fused-ring (bicyclic) bond motifs is 1. The van der Waals surface area contributed by atoms with E-state index in [1.54, 1.807) is 7.11 Å². The van der Waals surface area contributed by atoms with Gasteiger partial charge in [-0.25, -0.2) is 4.98 Å². The maximum Gasteiger partial charge on any atom is 0.121 e. The summed E-state index contributed by atoms with van der Waals surface area (Å²) < 4.78 is 7.67. The fourth-order valence-electron chi connectivity index (χ4n) is 2.56. The monoisotopic (exact) mass is 294 g/mol. The largest absolute Gasteiger partial charge is 0.497 e. The van der Waals surface area contributed by atoms with E-state index in [4.69, 9.17) is 21.3 Å². The number of halogens is 1. The Morgan fingerprint density at radius 3 is 2.70 bits per heavy atom. The van der Waals surface area contributed by atoms with E-state index in [1.807, 2.05) is 12.1 Å². The summed E-state index contributed by atoms with van der Waals surface area (Å²) in [5.41, 5.74) is 2.15. The Balaban J connectivity index is 2.59. The second-order valence-electron chi connectivity index (χ2n) is 5.32. The van der Waals surface area contributed by atoms with Gasteiger partial charge in [-0.1, -0.05) is 20.3 Å². The first-order valence-electron chi connectivity index (χ1n) is 7.23. The van der Waals surface area contributed by atoms with Gasteiger partial charge < -0.3 is 9.30 Å². The number of hydrogen-bond donors (Lipinski definition) is 0. The van der Waals surface area contributed by atoms with Crippen LogP contribution >= 0.6 is 11.6 Å². The quantitative estimate of drug-likeness (QED) is 0.737. The molecule has 1 aromatic carbocycles. The number of hydrogen-bond acceptors (Lipinski definition) is 2. The molecule has 0 bridgehead atoms. The van der Waals surface area contributed by atoms with Crippen LogP contribution in [0.1, 0.15) is 39.1 Å². The average Bonchev–Trinajstić information content (AvgIpc) is 2.82. The van der Waals surface area contributed by atoms with Crippen molar-refractivity contribution < 1.29 is 4.74 Å². The predicted octanol–water partition coefficient (Wildman–Crippen LogP) is 4.43. The van der Waals surface area contributed by atoms with Crippen LogP contribution in [0, 0.1) is 5.92 Å². The second-order valence-corrected chi connectivity index (χ2v) is 5.70. The lowest BCUT2D eigenvalue weighted by Crippen LogP contribution is -2.16.